The number of aryl methyl sites for hydroxylation is 1. The van der Waals surface area contributed by atoms with Crippen molar-refractivity contribution in [2.24, 2.45) is 0 Å². The molecule has 2 aliphatic rings. The molecular weight excluding hydrogens is 420 g/mol. The van der Waals surface area contributed by atoms with E-state index in [2.05, 4.69) is 4.90 Å². The molecule has 0 N–H and O–H groups in total. The summed E-state index contributed by atoms with van der Waals surface area (Å²) in [6.07, 6.45) is 8.01. The Balaban J connectivity index is 0.00000320. The Bertz CT molecular complexity index is 781. The highest BCUT2D eigenvalue weighted by Gasteiger charge is 2.40. The molecule has 1 saturated heterocycles. The highest BCUT2D eigenvalue weighted by atomic mass is 35.5. The van der Waals surface area contributed by atoms with Gasteiger partial charge < -0.3 is 0 Å². The van der Waals surface area contributed by atoms with E-state index in [1.807, 2.05) is 38.1 Å². The van der Waals surface area contributed by atoms with Gasteiger partial charge in [-0.1, -0.05) is 56.0 Å². The molecule has 1 aromatic rings. The average Bonchev–Trinajstić information content (AvgIpc) is 2.73. The topological polar surface area (TPSA) is 57.7 Å². The van der Waals surface area contributed by atoms with Gasteiger partial charge in [0.05, 0.1) is 5.75 Å². The average molecular weight is 457 g/mol. The maximum absolute atomic E-state index is 12.8. The van der Waals surface area contributed by atoms with E-state index in [1.165, 1.54) is 24.8 Å². The Morgan fingerprint density at radius 3 is 2.17 bits per heavy atom. The van der Waals surface area contributed by atoms with Gasteiger partial charge in [-0.15, -0.1) is 12.4 Å². The number of halogens is 1. The zero-order valence-electron chi connectivity index (χ0n) is 18.4. The number of carbonyl (C=O) groups is 1. The second-order valence-corrected chi connectivity index (χ2v) is 10.9. The molecule has 170 valence electrons. The quantitative estimate of drug-likeness (QED) is 0.542. The van der Waals surface area contributed by atoms with Gasteiger partial charge in [-0.05, 0) is 32.6 Å². The van der Waals surface area contributed by atoms with Crippen molar-refractivity contribution in [3.8, 4) is 0 Å². The molecule has 2 fully saturated rings. The molecule has 30 heavy (non-hydrogen) atoms. The number of hydrogen-bond donors (Lipinski definition) is 0. The van der Waals surface area contributed by atoms with Crippen LogP contribution in [-0.2, 0) is 10.0 Å². The summed E-state index contributed by atoms with van der Waals surface area (Å²) >= 11 is 0. The van der Waals surface area contributed by atoms with Crippen LogP contribution in [0.5, 0.6) is 0 Å². The smallest absolute Gasteiger partial charge is 0.214 e. The van der Waals surface area contributed by atoms with E-state index in [4.69, 9.17) is 0 Å². The summed E-state index contributed by atoms with van der Waals surface area (Å²) < 4.78 is 26.5. The molecule has 1 aromatic carbocycles. The van der Waals surface area contributed by atoms with Crippen molar-refractivity contribution in [1.29, 1.82) is 0 Å². The van der Waals surface area contributed by atoms with Crippen LogP contribution >= 0.6 is 12.4 Å². The lowest BCUT2D eigenvalue weighted by Crippen LogP contribution is -2.58. The molecule has 1 heterocycles. The van der Waals surface area contributed by atoms with E-state index in [9.17, 15) is 13.2 Å². The largest absolute Gasteiger partial charge is 0.295 e. The number of piperazine rings is 1. The third-order valence-corrected chi connectivity index (χ3v) is 8.82. The van der Waals surface area contributed by atoms with Crippen molar-refractivity contribution in [3.63, 3.8) is 0 Å². The van der Waals surface area contributed by atoms with Gasteiger partial charge in [0.25, 0.3) is 0 Å². The van der Waals surface area contributed by atoms with E-state index in [1.54, 1.807) is 4.31 Å². The lowest BCUT2D eigenvalue weighted by Gasteiger charge is -2.50. The minimum absolute atomic E-state index is 0. The third-order valence-electron chi connectivity index (χ3n) is 6.74. The van der Waals surface area contributed by atoms with Crippen LogP contribution in [0.25, 0.3) is 0 Å². The van der Waals surface area contributed by atoms with E-state index in [-0.39, 0.29) is 29.5 Å². The summed E-state index contributed by atoms with van der Waals surface area (Å²) in [7, 11) is -3.12. The predicted molar refractivity (Wildman–Crippen MR) is 125 cm³/mol. The fourth-order valence-corrected chi connectivity index (χ4v) is 6.49. The predicted octanol–water partition coefficient (Wildman–Crippen LogP) is 4.44. The minimum Gasteiger partial charge on any atom is -0.295 e. The molecule has 0 bridgehead atoms. The van der Waals surface area contributed by atoms with Crippen LogP contribution in [0.1, 0.15) is 74.2 Å². The first kappa shape index (κ1) is 25.3. The Labute approximate surface area is 188 Å². The molecule has 0 aromatic heterocycles. The number of carbonyl (C=O) groups excluding carboxylic acids is 1. The molecule has 1 aliphatic carbocycles. The molecule has 7 heteroatoms. The summed E-state index contributed by atoms with van der Waals surface area (Å²) in [6, 6.07) is 7.87. The molecule has 0 unspecified atom stereocenters. The first-order valence-corrected chi connectivity index (χ1v) is 12.8. The number of rotatable bonds is 8. The molecule has 0 radical (unpaired) electrons. The minimum atomic E-state index is -3.12. The Morgan fingerprint density at radius 1 is 1.00 bits per heavy atom. The van der Waals surface area contributed by atoms with Crippen LogP contribution in [0.15, 0.2) is 24.3 Å². The Kier molecular flexibility index (Phi) is 9.34. The van der Waals surface area contributed by atoms with Crippen LogP contribution in [-0.4, -0.2) is 60.9 Å². The summed E-state index contributed by atoms with van der Waals surface area (Å²) in [6.45, 7) is 6.66. The van der Waals surface area contributed by atoms with Crippen molar-refractivity contribution in [2.45, 2.75) is 70.8 Å². The summed E-state index contributed by atoms with van der Waals surface area (Å²) in [5, 5.41) is 0. The fraction of sp³-hybridized carbons (Fsp3) is 0.696. The van der Waals surface area contributed by atoms with Crippen LogP contribution in [0.2, 0.25) is 0 Å². The number of nitrogens with zero attached hydrogens (tertiary/aromatic N) is 2. The highest BCUT2D eigenvalue weighted by molar-refractivity contribution is 7.89. The molecule has 0 amide bonds. The van der Waals surface area contributed by atoms with Gasteiger partial charge in [-0.25, -0.2) is 8.42 Å². The van der Waals surface area contributed by atoms with Gasteiger partial charge in [0.2, 0.25) is 10.0 Å². The maximum Gasteiger partial charge on any atom is 0.214 e. The van der Waals surface area contributed by atoms with Crippen LogP contribution in [0.3, 0.4) is 0 Å². The Morgan fingerprint density at radius 2 is 1.60 bits per heavy atom. The number of ketones is 1. The second-order valence-electron chi connectivity index (χ2n) is 8.78. The summed E-state index contributed by atoms with van der Waals surface area (Å²) in [5.74, 6) is 0.461. The first-order chi connectivity index (χ1) is 13.9. The molecule has 5 nitrogen and oxygen atoms in total. The molecular formula is C23H37ClN2O3S. The van der Waals surface area contributed by atoms with Gasteiger partial charge in [0, 0.05) is 43.7 Å². The SMILES string of the molecule is CCCS(=O)(=O)N1CCN(C2(CCC(=O)c3ccc(C)cc3)CCCCC2)CC1.Cl. The number of benzene rings is 1. The zero-order chi connectivity index (χ0) is 20.9. The van der Waals surface area contributed by atoms with E-state index < -0.39 is 10.0 Å². The second kappa shape index (κ2) is 11.1. The monoisotopic (exact) mass is 456 g/mol. The lowest BCUT2D eigenvalue weighted by molar-refractivity contribution is 0.0165. The number of Topliss-reactive ketones (excluding diaryl/α,β-unsaturated/α-hetero) is 1. The summed E-state index contributed by atoms with van der Waals surface area (Å²) in [5.41, 5.74) is 2.03. The van der Waals surface area contributed by atoms with Gasteiger partial charge in [0.1, 0.15) is 0 Å². The van der Waals surface area contributed by atoms with Crippen LogP contribution < -0.4 is 0 Å². The maximum atomic E-state index is 12.8. The van der Waals surface area contributed by atoms with Gasteiger partial charge >= 0.3 is 0 Å². The van der Waals surface area contributed by atoms with E-state index in [0.29, 0.717) is 25.9 Å². The third kappa shape index (κ3) is 6.06. The Hall–Kier alpha value is -0.950. The highest BCUT2D eigenvalue weighted by Crippen LogP contribution is 2.38. The van der Waals surface area contributed by atoms with Gasteiger partial charge in [-0.2, -0.15) is 4.31 Å². The van der Waals surface area contributed by atoms with Crippen molar-refractivity contribution in [3.05, 3.63) is 35.4 Å². The van der Waals surface area contributed by atoms with Crippen molar-refractivity contribution >= 4 is 28.2 Å². The van der Waals surface area contributed by atoms with E-state index >= 15 is 0 Å². The fourth-order valence-electron chi connectivity index (χ4n) is 4.99. The van der Waals surface area contributed by atoms with Gasteiger partial charge in [0.15, 0.2) is 5.78 Å². The van der Waals surface area contributed by atoms with Crippen molar-refractivity contribution < 1.29 is 13.2 Å². The number of hydrogen-bond acceptors (Lipinski definition) is 4. The normalized spacial score (nSPS) is 20.5. The van der Waals surface area contributed by atoms with Crippen LogP contribution in [0, 0.1) is 6.92 Å². The van der Waals surface area contributed by atoms with Gasteiger partial charge in [-0.3, -0.25) is 9.69 Å². The standard InChI is InChI=1S/C23H36N2O3S.ClH/c1-3-19-29(27,28)25-17-15-24(16-18-25)23(12-5-4-6-13-23)14-11-22(26)21-9-7-20(2)8-10-21;/h7-10H,3-6,11-19H2,1-2H3;1H. The lowest BCUT2D eigenvalue weighted by atomic mass is 9.76. The van der Waals surface area contributed by atoms with E-state index in [0.717, 1.165) is 37.9 Å². The van der Waals surface area contributed by atoms with Crippen molar-refractivity contribution in [1.82, 2.24) is 9.21 Å². The molecule has 1 saturated carbocycles. The first-order valence-electron chi connectivity index (χ1n) is 11.2. The molecule has 0 atom stereocenters. The molecule has 0 spiro atoms. The summed E-state index contributed by atoms with van der Waals surface area (Å²) in [4.78, 5) is 15.3. The van der Waals surface area contributed by atoms with Crippen LogP contribution in [0.4, 0.5) is 0 Å². The molecule has 1 aliphatic heterocycles. The number of sulfonamides is 1. The molecule has 3 rings (SSSR count). The zero-order valence-corrected chi connectivity index (χ0v) is 20.1. The van der Waals surface area contributed by atoms with Crippen molar-refractivity contribution in [2.75, 3.05) is 31.9 Å².